The molecule has 0 aromatic heterocycles. The quantitative estimate of drug-likeness (QED) is 0.665. The third-order valence-corrected chi connectivity index (χ3v) is 2.14. The molecule has 0 saturated heterocycles. The molecule has 1 unspecified atom stereocenters. The van der Waals surface area contributed by atoms with Crippen molar-refractivity contribution in [3.8, 4) is 0 Å². The van der Waals surface area contributed by atoms with Crippen molar-refractivity contribution in [2.45, 2.75) is 39.5 Å². The first kappa shape index (κ1) is 11.9. The van der Waals surface area contributed by atoms with E-state index in [1.165, 1.54) is 6.92 Å². The van der Waals surface area contributed by atoms with Gasteiger partial charge in [0.1, 0.15) is 0 Å². The highest BCUT2D eigenvalue weighted by atomic mass is 16.4. The first-order valence-corrected chi connectivity index (χ1v) is 4.37. The number of rotatable bonds is 6. The first-order valence-electron chi connectivity index (χ1n) is 4.37. The van der Waals surface area contributed by atoms with E-state index in [0.29, 0.717) is 6.42 Å². The van der Waals surface area contributed by atoms with E-state index >= 15 is 0 Å². The fourth-order valence-corrected chi connectivity index (χ4v) is 1.17. The van der Waals surface area contributed by atoms with Gasteiger partial charge in [0, 0.05) is 0 Å². The predicted octanol–water partition coefficient (Wildman–Crippen LogP) is 1.74. The van der Waals surface area contributed by atoms with Gasteiger partial charge in [-0.2, -0.15) is 0 Å². The molecule has 0 fully saturated rings. The number of carboxylic acid groups (broad SMARTS) is 2. The summed E-state index contributed by atoms with van der Waals surface area (Å²) in [7, 11) is 0. The normalized spacial score (nSPS) is 14.9. The molecule has 13 heavy (non-hydrogen) atoms. The van der Waals surface area contributed by atoms with Gasteiger partial charge in [0.05, 0.1) is 11.8 Å². The summed E-state index contributed by atoms with van der Waals surface area (Å²) >= 11 is 0. The van der Waals surface area contributed by atoms with E-state index in [0.717, 1.165) is 12.8 Å². The summed E-state index contributed by atoms with van der Waals surface area (Å²) in [6.45, 7) is 3.43. The molecule has 0 aliphatic heterocycles. The Morgan fingerprint density at radius 1 is 1.31 bits per heavy atom. The standard InChI is InChI=1S/C9H16O4/c1-3-4-5-9(2,8(12)13)6-7(10)11/h3-6H2,1-2H3,(H,10,11)(H,12,13). The maximum absolute atomic E-state index is 10.8. The van der Waals surface area contributed by atoms with Crippen LogP contribution in [0.2, 0.25) is 0 Å². The van der Waals surface area contributed by atoms with Gasteiger partial charge >= 0.3 is 11.9 Å². The molecule has 1 atom stereocenters. The van der Waals surface area contributed by atoms with Crippen molar-refractivity contribution in [2.75, 3.05) is 0 Å². The lowest BCUT2D eigenvalue weighted by Gasteiger charge is -2.22. The van der Waals surface area contributed by atoms with E-state index in [9.17, 15) is 9.59 Å². The second kappa shape index (κ2) is 4.84. The van der Waals surface area contributed by atoms with E-state index in [1.807, 2.05) is 6.92 Å². The van der Waals surface area contributed by atoms with Crippen LogP contribution in [0, 0.1) is 5.41 Å². The summed E-state index contributed by atoms with van der Waals surface area (Å²) in [5, 5.41) is 17.4. The molecular weight excluding hydrogens is 172 g/mol. The highest BCUT2D eigenvalue weighted by molar-refractivity contribution is 5.80. The van der Waals surface area contributed by atoms with E-state index in [4.69, 9.17) is 10.2 Å². The number of unbranched alkanes of at least 4 members (excludes halogenated alkanes) is 1. The number of carbonyl (C=O) groups is 2. The van der Waals surface area contributed by atoms with Gasteiger partial charge in [-0.3, -0.25) is 9.59 Å². The molecule has 0 spiro atoms. The Bertz CT molecular complexity index is 200. The summed E-state index contributed by atoms with van der Waals surface area (Å²) in [5.74, 6) is -2.08. The van der Waals surface area contributed by atoms with Gasteiger partial charge in [-0.15, -0.1) is 0 Å². The van der Waals surface area contributed by atoms with Crippen LogP contribution in [0.15, 0.2) is 0 Å². The average Bonchev–Trinajstić information content (AvgIpc) is 1.99. The Morgan fingerprint density at radius 3 is 2.15 bits per heavy atom. The van der Waals surface area contributed by atoms with Crippen LogP contribution >= 0.6 is 0 Å². The van der Waals surface area contributed by atoms with E-state index < -0.39 is 17.4 Å². The molecule has 0 heterocycles. The Morgan fingerprint density at radius 2 is 1.85 bits per heavy atom. The molecule has 4 nitrogen and oxygen atoms in total. The molecule has 2 N–H and O–H groups in total. The van der Waals surface area contributed by atoms with Crippen molar-refractivity contribution in [3.05, 3.63) is 0 Å². The molecule has 0 aliphatic rings. The Hall–Kier alpha value is -1.06. The lowest BCUT2D eigenvalue weighted by Crippen LogP contribution is -2.30. The molecule has 0 aromatic carbocycles. The van der Waals surface area contributed by atoms with Crippen LogP contribution in [0.4, 0.5) is 0 Å². The maximum atomic E-state index is 10.8. The fourth-order valence-electron chi connectivity index (χ4n) is 1.17. The Labute approximate surface area is 77.6 Å². The van der Waals surface area contributed by atoms with Gasteiger partial charge in [-0.25, -0.2) is 0 Å². The molecule has 76 valence electrons. The topological polar surface area (TPSA) is 74.6 Å². The van der Waals surface area contributed by atoms with Gasteiger partial charge in [-0.1, -0.05) is 19.8 Å². The minimum atomic E-state index is -1.11. The Balaban J connectivity index is 4.34. The second-order valence-corrected chi connectivity index (χ2v) is 3.54. The largest absolute Gasteiger partial charge is 0.481 e. The number of aliphatic carboxylic acids is 2. The highest BCUT2D eigenvalue weighted by Crippen LogP contribution is 2.28. The summed E-state index contributed by atoms with van der Waals surface area (Å²) in [6, 6.07) is 0. The summed E-state index contributed by atoms with van der Waals surface area (Å²) in [6.07, 6.45) is 1.74. The third-order valence-electron chi connectivity index (χ3n) is 2.14. The summed E-state index contributed by atoms with van der Waals surface area (Å²) < 4.78 is 0. The molecule has 0 bridgehead atoms. The van der Waals surface area contributed by atoms with Crippen molar-refractivity contribution in [1.29, 1.82) is 0 Å². The lowest BCUT2D eigenvalue weighted by atomic mass is 9.82. The van der Waals surface area contributed by atoms with Gasteiger partial charge < -0.3 is 10.2 Å². The molecule has 0 saturated carbocycles. The van der Waals surface area contributed by atoms with Gasteiger partial charge in [-0.05, 0) is 13.3 Å². The molecule has 0 amide bonds. The van der Waals surface area contributed by atoms with Crippen molar-refractivity contribution >= 4 is 11.9 Å². The van der Waals surface area contributed by atoms with Crippen LogP contribution in [0.3, 0.4) is 0 Å². The smallest absolute Gasteiger partial charge is 0.309 e. The van der Waals surface area contributed by atoms with Crippen LogP contribution in [-0.4, -0.2) is 22.2 Å². The van der Waals surface area contributed by atoms with Crippen molar-refractivity contribution in [3.63, 3.8) is 0 Å². The van der Waals surface area contributed by atoms with E-state index in [-0.39, 0.29) is 6.42 Å². The number of carboxylic acids is 2. The minimum absolute atomic E-state index is 0.303. The molecular formula is C9H16O4. The van der Waals surface area contributed by atoms with Crippen LogP contribution in [0.1, 0.15) is 39.5 Å². The minimum Gasteiger partial charge on any atom is -0.481 e. The van der Waals surface area contributed by atoms with Gasteiger partial charge in [0.2, 0.25) is 0 Å². The number of hydrogen-bond acceptors (Lipinski definition) is 2. The monoisotopic (exact) mass is 188 g/mol. The molecule has 0 radical (unpaired) electrons. The van der Waals surface area contributed by atoms with Gasteiger partial charge in [0.15, 0.2) is 0 Å². The zero-order valence-corrected chi connectivity index (χ0v) is 8.04. The Kier molecular flexibility index (Phi) is 4.45. The first-order chi connectivity index (χ1) is 5.92. The lowest BCUT2D eigenvalue weighted by molar-refractivity contribution is -0.155. The van der Waals surface area contributed by atoms with Crippen molar-refractivity contribution < 1.29 is 19.8 Å². The van der Waals surface area contributed by atoms with Crippen molar-refractivity contribution in [1.82, 2.24) is 0 Å². The molecule has 0 aromatic rings. The molecule has 0 aliphatic carbocycles. The van der Waals surface area contributed by atoms with Crippen LogP contribution in [0.5, 0.6) is 0 Å². The highest BCUT2D eigenvalue weighted by Gasteiger charge is 2.34. The molecule has 4 heteroatoms. The SMILES string of the molecule is CCCCC(C)(CC(=O)O)C(=O)O. The van der Waals surface area contributed by atoms with Crippen LogP contribution < -0.4 is 0 Å². The predicted molar refractivity (Wildman–Crippen MR) is 47.5 cm³/mol. The maximum Gasteiger partial charge on any atom is 0.309 e. The van der Waals surface area contributed by atoms with Crippen LogP contribution in [-0.2, 0) is 9.59 Å². The average molecular weight is 188 g/mol. The zero-order chi connectivity index (χ0) is 10.5. The number of hydrogen-bond donors (Lipinski definition) is 2. The third kappa shape index (κ3) is 3.92. The van der Waals surface area contributed by atoms with Crippen LogP contribution in [0.25, 0.3) is 0 Å². The summed E-state index contributed by atoms with van der Waals surface area (Å²) in [5.41, 5.74) is -1.11. The zero-order valence-electron chi connectivity index (χ0n) is 8.04. The summed E-state index contributed by atoms with van der Waals surface area (Å²) in [4.78, 5) is 21.2. The fraction of sp³-hybridized carbons (Fsp3) is 0.778. The van der Waals surface area contributed by atoms with E-state index in [2.05, 4.69) is 0 Å². The van der Waals surface area contributed by atoms with Gasteiger partial charge in [0.25, 0.3) is 0 Å². The molecule has 0 rings (SSSR count). The van der Waals surface area contributed by atoms with Crippen molar-refractivity contribution in [2.24, 2.45) is 5.41 Å². The van der Waals surface area contributed by atoms with E-state index in [1.54, 1.807) is 0 Å². The second-order valence-electron chi connectivity index (χ2n) is 3.54.